The van der Waals surface area contributed by atoms with Crippen LogP contribution in [0.3, 0.4) is 0 Å². The Kier molecular flexibility index (Phi) is 5.04. The number of aromatic nitrogens is 1. The van der Waals surface area contributed by atoms with Crippen molar-refractivity contribution >= 4 is 14.6 Å². The topological polar surface area (TPSA) is 39.2 Å². The molecule has 1 aromatic rings. The fraction of sp³-hybridized carbons (Fsp3) is 0.600. The van der Waals surface area contributed by atoms with Gasteiger partial charge in [-0.2, -0.15) is 0 Å². The van der Waals surface area contributed by atoms with Crippen LogP contribution in [-0.2, 0) is 10.8 Å². The summed E-state index contributed by atoms with van der Waals surface area (Å²) in [4.78, 5) is 15.2. The minimum Gasteiger partial charge on any atom is -0.416 e. The van der Waals surface area contributed by atoms with Crippen molar-refractivity contribution in [2.75, 3.05) is 6.61 Å². The number of carbonyl (C=O) groups is 1. The Bertz CT molecular complexity index is 450. The van der Waals surface area contributed by atoms with Gasteiger partial charge < -0.3 is 4.43 Å². The molecule has 0 fully saturated rings. The lowest BCUT2D eigenvalue weighted by Crippen LogP contribution is -2.41. The highest BCUT2D eigenvalue weighted by Gasteiger charge is 2.36. The van der Waals surface area contributed by atoms with E-state index in [9.17, 15) is 4.79 Å². The first-order chi connectivity index (χ1) is 8.67. The normalized spacial score (nSPS) is 12.5. The molecule has 0 aliphatic heterocycles. The molecule has 0 radical (unpaired) electrons. The molecule has 0 aliphatic rings. The van der Waals surface area contributed by atoms with E-state index in [2.05, 4.69) is 38.8 Å². The highest BCUT2D eigenvalue weighted by Crippen LogP contribution is 2.36. The molecule has 106 valence electrons. The van der Waals surface area contributed by atoms with Gasteiger partial charge in [-0.15, -0.1) is 0 Å². The molecular formula is C15H25NO2Si. The second-order valence-electron chi connectivity index (χ2n) is 6.47. The summed E-state index contributed by atoms with van der Waals surface area (Å²) in [5, 5.41) is 0.214. The van der Waals surface area contributed by atoms with Crippen molar-refractivity contribution in [2.24, 2.45) is 0 Å². The van der Waals surface area contributed by atoms with Crippen LogP contribution in [0.2, 0.25) is 18.1 Å². The minimum absolute atomic E-state index is 0.214. The van der Waals surface area contributed by atoms with Crippen LogP contribution in [0.25, 0.3) is 0 Å². The highest BCUT2D eigenvalue weighted by atomic mass is 28.4. The molecule has 0 saturated heterocycles. The van der Waals surface area contributed by atoms with Gasteiger partial charge in [-0.1, -0.05) is 26.8 Å². The number of aldehydes is 1. The van der Waals surface area contributed by atoms with Gasteiger partial charge in [0, 0.05) is 12.3 Å². The highest BCUT2D eigenvalue weighted by molar-refractivity contribution is 6.74. The van der Waals surface area contributed by atoms with Gasteiger partial charge >= 0.3 is 0 Å². The maximum atomic E-state index is 11.0. The number of aryl methyl sites for hydroxylation is 1. The summed E-state index contributed by atoms with van der Waals surface area (Å²) in [7, 11) is -1.71. The molecule has 4 heteroatoms. The Morgan fingerprint density at radius 2 is 1.95 bits per heavy atom. The molecule has 0 aromatic carbocycles. The van der Waals surface area contributed by atoms with E-state index in [4.69, 9.17) is 4.43 Å². The molecular weight excluding hydrogens is 254 g/mol. The molecule has 0 aliphatic carbocycles. The first-order valence-electron chi connectivity index (χ1n) is 6.73. The number of hydrogen-bond donors (Lipinski definition) is 0. The van der Waals surface area contributed by atoms with Crippen LogP contribution >= 0.6 is 0 Å². The third-order valence-electron chi connectivity index (χ3n) is 3.90. The summed E-state index contributed by atoms with van der Waals surface area (Å²) < 4.78 is 6.12. The SMILES string of the molecule is Cc1ccc(CCO[Si](C)(C)C(C)(C)C)c(C=O)n1. The number of hydrogen-bond acceptors (Lipinski definition) is 3. The average Bonchev–Trinajstić information content (AvgIpc) is 2.29. The second-order valence-corrected chi connectivity index (χ2v) is 11.3. The molecule has 0 spiro atoms. The largest absolute Gasteiger partial charge is 0.416 e. The maximum absolute atomic E-state index is 11.0. The quantitative estimate of drug-likeness (QED) is 0.608. The van der Waals surface area contributed by atoms with Gasteiger partial charge in [0.15, 0.2) is 14.6 Å². The minimum atomic E-state index is -1.71. The van der Waals surface area contributed by atoms with E-state index in [0.29, 0.717) is 12.3 Å². The van der Waals surface area contributed by atoms with Crippen LogP contribution in [0.15, 0.2) is 12.1 Å². The molecule has 1 rings (SSSR count). The second kappa shape index (κ2) is 5.97. The number of pyridine rings is 1. The van der Waals surface area contributed by atoms with E-state index in [1.807, 2.05) is 19.1 Å². The van der Waals surface area contributed by atoms with E-state index in [1.165, 1.54) is 0 Å². The van der Waals surface area contributed by atoms with Gasteiger partial charge in [-0.3, -0.25) is 9.78 Å². The Hall–Kier alpha value is -1.00. The first-order valence-corrected chi connectivity index (χ1v) is 9.64. The fourth-order valence-corrected chi connectivity index (χ4v) is 2.60. The maximum Gasteiger partial charge on any atom is 0.191 e. The summed E-state index contributed by atoms with van der Waals surface area (Å²) in [6, 6.07) is 3.91. The van der Waals surface area contributed by atoms with Gasteiger partial charge in [-0.25, -0.2) is 0 Å². The van der Waals surface area contributed by atoms with Crippen molar-refractivity contribution in [1.29, 1.82) is 0 Å². The first kappa shape index (κ1) is 16.1. The Morgan fingerprint density at radius 3 is 2.47 bits per heavy atom. The third kappa shape index (κ3) is 4.25. The molecule has 0 atom stereocenters. The molecule has 1 heterocycles. The summed E-state index contributed by atoms with van der Waals surface area (Å²) >= 11 is 0. The molecule has 1 aromatic heterocycles. The van der Waals surface area contributed by atoms with Gasteiger partial charge in [0.2, 0.25) is 0 Å². The van der Waals surface area contributed by atoms with Crippen LogP contribution in [0.4, 0.5) is 0 Å². The van der Waals surface area contributed by atoms with Crippen LogP contribution in [0.5, 0.6) is 0 Å². The summed E-state index contributed by atoms with van der Waals surface area (Å²) in [6.07, 6.45) is 1.57. The van der Waals surface area contributed by atoms with Crippen LogP contribution in [0.1, 0.15) is 42.5 Å². The van der Waals surface area contributed by atoms with E-state index in [-0.39, 0.29) is 5.04 Å². The van der Waals surface area contributed by atoms with Gasteiger partial charge in [0.25, 0.3) is 0 Å². The Labute approximate surface area is 117 Å². The molecule has 0 unspecified atom stereocenters. The number of nitrogens with zero attached hydrogens (tertiary/aromatic N) is 1. The van der Waals surface area contributed by atoms with E-state index in [0.717, 1.165) is 24.0 Å². The van der Waals surface area contributed by atoms with Gasteiger partial charge in [0.1, 0.15) is 5.69 Å². The zero-order valence-electron chi connectivity index (χ0n) is 12.9. The van der Waals surface area contributed by atoms with Crippen LogP contribution < -0.4 is 0 Å². The predicted molar refractivity (Wildman–Crippen MR) is 81.2 cm³/mol. The molecule has 19 heavy (non-hydrogen) atoms. The lowest BCUT2D eigenvalue weighted by molar-refractivity contribution is 0.111. The van der Waals surface area contributed by atoms with E-state index in [1.54, 1.807) is 0 Å². The summed E-state index contributed by atoms with van der Waals surface area (Å²) in [6.45, 7) is 13.7. The molecule has 0 amide bonds. The van der Waals surface area contributed by atoms with Crippen molar-refractivity contribution in [2.45, 2.75) is 52.2 Å². The molecule has 3 nitrogen and oxygen atoms in total. The Morgan fingerprint density at radius 1 is 1.32 bits per heavy atom. The van der Waals surface area contributed by atoms with E-state index >= 15 is 0 Å². The summed E-state index contributed by atoms with van der Waals surface area (Å²) in [5.74, 6) is 0. The Balaban J connectivity index is 2.66. The van der Waals surface area contributed by atoms with Crippen molar-refractivity contribution in [3.05, 3.63) is 29.1 Å². The molecule has 0 N–H and O–H groups in total. The monoisotopic (exact) mass is 279 g/mol. The third-order valence-corrected chi connectivity index (χ3v) is 8.44. The molecule has 0 bridgehead atoms. The van der Waals surface area contributed by atoms with Crippen molar-refractivity contribution in [3.8, 4) is 0 Å². The number of rotatable bonds is 5. The van der Waals surface area contributed by atoms with Gasteiger partial charge in [0.05, 0.1) is 0 Å². The van der Waals surface area contributed by atoms with Crippen molar-refractivity contribution < 1.29 is 9.22 Å². The fourth-order valence-electron chi connectivity index (χ4n) is 1.55. The van der Waals surface area contributed by atoms with Gasteiger partial charge in [-0.05, 0) is 43.1 Å². The molecule has 0 saturated carbocycles. The van der Waals surface area contributed by atoms with Crippen molar-refractivity contribution in [3.63, 3.8) is 0 Å². The summed E-state index contributed by atoms with van der Waals surface area (Å²) in [5.41, 5.74) is 2.38. The average molecular weight is 279 g/mol. The van der Waals surface area contributed by atoms with E-state index < -0.39 is 8.32 Å². The zero-order valence-corrected chi connectivity index (χ0v) is 13.9. The lowest BCUT2D eigenvalue weighted by atomic mass is 10.1. The zero-order chi connectivity index (χ0) is 14.7. The van der Waals surface area contributed by atoms with Crippen LogP contribution in [-0.4, -0.2) is 26.2 Å². The number of carbonyl (C=O) groups excluding carboxylic acids is 1. The lowest BCUT2D eigenvalue weighted by Gasteiger charge is -2.36. The standard InChI is InChI=1S/C15H25NO2Si/c1-12-7-8-13(14(11-17)16-12)9-10-18-19(5,6)15(2,3)4/h7-8,11H,9-10H2,1-6H3. The predicted octanol–water partition coefficient (Wildman–Crippen LogP) is 3.77. The smallest absolute Gasteiger partial charge is 0.191 e. The van der Waals surface area contributed by atoms with Crippen molar-refractivity contribution in [1.82, 2.24) is 4.98 Å². The van der Waals surface area contributed by atoms with Crippen LogP contribution in [0, 0.1) is 6.92 Å².